The average Bonchev–Trinajstić information content (AvgIpc) is 3.18. The summed E-state index contributed by atoms with van der Waals surface area (Å²) < 4.78 is 9.83. The van der Waals surface area contributed by atoms with E-state index in [4.69, 9.17) is 9.47 Å². The quantitative estimate of drug-likeness (QED) is 0.504. The van der Waals surface area contributed by atoms with Crippen molar-refractivity contribution in [2.24, 2.45) is 5.92 Å². The molecule has 2 aromatic rings. The van der Waals surface area contributed by atoms with Crippen LogP contribution in [0.2, 0.25) is 0 Å². The minimum atomic E-state index is -0.431. The minimum Gasteiger partial charge on any atom is -0.469 e. The lowest BCUT2D eigenvalue weighted by molar-refractivity contribution is -0.140. The first-order valence-corrected chi connectivity index (χ1v) is 12.3. The molecule has 36 heavy (non-hydrogen) atoms. The zero-order valence-corrected chi connectivity index (χ0v) is 21.4. The van der Waals surface area contributed by atoms with Crippen molar-refractivity contribution in [2.45, 2.75) is 37.5 Å². The molecule has 3 atom stereocenters. The molecule has 7 heteroatoms. The maximum absolute atomic E-state index is 12.4. The number of methoxy groups -OCH3 is 2. The van der Waals surface area contributed by atoms with E-state index >= 15 is 0 Å². The molecule has 0 unspecified atom stereocenters. The average molecular weight is 490 g/mol. The largest absolute Gasteiger partial charge is 0.469 e. The maximum Gasteiger partial charge on any atom is 0.417 e. The second-order valence-corrected chi connectivity index (χ2v) is 9.34. The highest BCUT2D eigenvalue weighted by Crippen LogP contribution is 2.48. The van der Waals surface area contributed by atoms with Crippen LogP contribution in [0, 0.1) is 5.92 Å². The number of likely N-dealkylation sites (N-methyl/N-ethyl adjacent to an activating group) is 2. The van der Waals surface area contributed by atoms with Gasteiger partial charge in [-0.1, -0.05) is 66.7 Å². The van der Waals surface area contributed by atoms with Crippen LogP contribution in [0.5, 0.6) is 0 Å². The van der Waals surface area contributed by atoms with E-state index < -0.39 is 6.09 Å². The van der Waals surface area contributed by atoms with E-state index in [9.17, 15) is 9.59 Å². The number of hydrogen-bond donors (Lipinski definition) is 0. The molecule has 0 saturated carbocycles. The molecule has 190 valence electrons. The zero-order chi connectivity index (χ0) is 25.7. The van der Waals surface area contributed by atoms with Crippen LogP contribution in [-0.2, 0) is 14.3 Å². The van der Waals surface area contributed by atoms with Crippen LogP contribution in [0.25, 0.3) is 0 Å². The third-order valence-electron chi connectivity index (χ3n) is 7.23. The zero-order valence-electron chi connectivity index (χ0n) is 21.4. The van der Waals surface area contributed by atoms with Gasteiger partial charge < -0.3 is 9.47 Å². The van der Waals surface area contributed by atoms with Gasteiger partial charge >= 0.3 is 12.1 Å². The van der Waals surface area contributed by atoms with E-state index in [1.165, 1.54) is 30.2 Å². The second kappa shape index (κ2) is 11.5. The van der Waals surface area contributed by atoms with Crippen LogP contribution < -0.4 is 0 Å². The molecule has 4 rings (SSSR count). The Morgan fingerprint density at radius 3 is 1.89 bits per heavy atom. The third-order valence-corrected chi connectivity index (χ3v) is 7.23. The van der Waals surface area contributed by atoms with Crippen LogP contribution in [0.4, 0.5) is 4.79 Å². The fourth-order valence-electron chi connectivity index (χ4n) is 5.56. The van der Waals surface area contributed by atoms with E-state index in [2.05, 4.69) is 72.4 Å². The number of ether oxygens (including phenoxy) is 2. The molecule has 0 bridgehead atoms. The van der Waals surface area contributed by atoms with Crippen LogP contribution in [-0.4, -0.2) is 61.2 Å². The summed E-state index contributed by atoms with van der Waals surface area (Å²) in [5.41, 5.74) is 3.57. The first-order chi connectivity index (χ1) is 17.5. The third kappa shape index (κ3) is 5.22. The number of hydrogen-bond acceptors (Lipinski definition) is 6. The Balaban J connectivity index is 1.72. The Morgan fingerprint density at radius 2 is 1.39 bits per heavy atom. The summed E-state index contributed by atoms with van der Waals surface area (Å²) in [6.07, 6.45) is 7.04. The molecule has 1 amide bonds. The van der Waals surface area contributed by atoms with E-state index in [0.717, 1.165) is 12.0 Å². The normalized spacial score (nSPS) is 22.9. The highest BCUT2D eigenvalue weighted by Gasteiger charge is 2.47. The fraction of sp³-hybridized carbons (Fsp3) is 0.379. The molecular formula is C29H35N3O4. The van der Waals surface area contributed by atoms with Gasteiger partial charge in [0.15, 0.2) is 0 Å². The first-order valence-electron chi connectivity index (χ1n) is 12.3. The molecule has 0 aromatic heterocycles. The molecular weight excluding hydrogens is 454 g/mol. The number of carbonyl (C=O) groups is 2. The predicted octanol–water partition coefficient (Wildman–Crippen LogP) is 5.11. The van der Waals surface area contributed by atoms with Gasteiger partial charge in [0, 0.05) is 24.7 Å². The molecule has 2 aromatic carbocycles. The number of benzene rings is 2. The molecule has 7 nitrogen and oxygen atoms in total. The summed E-state index contributed by atoms with van der Waals surface area (Å²) in [6, 6.07) is 21.3. The van der Waals surface area contributed by atoms with Gasteiger partial charge in [0.1, 0.15) is 0 Å². The van der Waals surface area contributed by atoms with Crippen molar-refractivity contribution in [1.29, 1.82) is 0 Å². The summed E-state index contributed by atoms with van der Waals surface area (Å²) in [6.45, 7) is 0. The Morgan fingerprint density at radius 1 is 0.833 bits per heavy atom. The molecule has 0 aliphatic carbocycles. The van der Waals surface area contributed by atoms with Gasteiger partial charge in [-0.3, -0.25) is 19.5 Å². The Hall–Kier alpha value is -3.42. The van der Waals surface area contributed by atoms with Gasteiger partial charge in [0.05, 0.1) is 32.5 Å². The SMILES string of the molecule is COC(=O)CCC[C@@H]1C=CN(C(=O)OC)C=C1C1N(C)[C@@H](c2ccccc2)[C@H](c2ccccc2)N1C. The van der Waals surface area contributed by atoms with Crippen molar-refractivity contribution in [3.05, 3.63) is 95.8 Å². The lowest BCUT2D eigenvalue weighted by atomic mass is 9.89. The number of rotatable bonds is 7. The van der Waals surface area contributed by atoms with Crippen LogP contribution >= 0.6 is 0 Å². The van der Waals surface area contributed by atoms with E-state index in [1.807, 2.05) is 24.4 Å². The van der Waals surface area contributed by atoms with Crippen molar-refractivity contribution in [2.75, 3.05) is 28.3 Å². The van der Waals surface area contributed by atoms with Crippen LogP contribution in [0.15, 0.2) is 84.7 Å². The highest BCUT2D eigenvalue weighted by molar-refractivity contribution is 5.71. The van der Waals surface area contributed by atoms with Crippen molar-refractivity contribution in [3.8, 4) is 0 Å². The van der Waals surface area contributed by atoms with Gasteiger partial charge in [-0.25, -0.2) is 4.79 Å². The maximum atomic E-state index is 12.4. The fourth-order valence-corrected chi connectivity index (χ4v) is 5.56. The van der Waals surface area contributed by atoms with Crippen molar-refractivity contribution < 1.29 is 19.1 Å². The summed E-state index contributed by atoms with van der Waals surface area (Å²) in [5, 5.41) is 0. The van der Waals surface area contributed by atoms with Crippen LogP contribution in [0.1, 0.15) is 42.5 Å². The van der Waals surface area contributed by atoms with E-state index in [0.29, 0.717) is 12.8 Å². The Labute approximate surface area is 213 Å². The number of esters is 1. The van der Waals surface area contributed by atoms with E-state index in [1.54, 1.807) is 6.20 Å². The topological polar surface area (TPSA) is 62.3 Å². The standard InChI is InChI=1S/C29H35N3O4/c1-30-26(22-12-7-5-8-13-22)27(23-14-9-6-10-15-23)31(2)28(30)24-20-32(29(34)36-4)19-18-21(24)16-11-17-25(33)35-3/h5-10,12-15,18-21,26-28H,11,16-17H2,1-4H3/t21-,26+,27+/m1/s1. The van der Waals surface area contributed by atoms with Gasteiger partial charge in [-0.15, -0.1) is 0 Å². The molecule has 0 N–H and O–H groups in total. The second-order valence-electron chi connectivity index (χ2n) is 9.34. The van der Waals surface area contributed by atoms with Gasteiger partial charge in [0.25, 0.3) is 0 Å². The monoisotopic (exact) mass is 489 g/mol. The van der Waals surface area contributed by atoms with Gasteiger partial charge in [-0.2, -0.15) is 0 Å². The molecule has 2 heterocycles. The summed E-state index contributed by atoms with van der Waals surface area (Å²) in [7, 11) is 7.10. The van der Waals surface area contributed by atoms with Crippen molar-refractivity contribution >= 4 is 12.1 Å². The van der Waals surface area contributed by atoms with Crippen molar-refractivity contribution in [3.63, 3.8) is 0 Å². The molecule has 0 spiro atoms. The van der Waals surface area contributed by atoms with Crippen molar-refractivity contribution in [1.82, 2.24) is 14.7 Å². The number of allylic oxidation sites excluding steroid dienone is 1. The molecule has 2 aliphatic rings. The molecule has 0 radical (unpaired) electrons. The summed E-state index contributed by atoms with van der Waals surface area (Å²) in [5.74, 6) is -0.142. The molecule has 1 fully saturated rings. The highest BCUT2D eigenvalue weighted by atomic mass is 16.5. The smallest absolute Gasteiger partial charge is 0.417 e. The summed E-state index contributed by atoms with van der Waals surface area (Å²) >= 11 is 0. The molecule has 1 saturated heterocycles. The van der Waals surface area contributed by atoms with Gasteiger partial charge in [0.2, 0.25) is 0 Å². The van der Waals surface area contributed by atoms with Gasteiger partial charge in [-0.05, 0) is 43.6 Å². The number of carbonyl (C=O) groups excluding carboxylic acids is 2. The summed E-state index contributed by atoms with van der Waals surface area (Å²) in [4.78, 5) is 30.4. The Bertz CT molecular complexity index is 1050. The minimum absolute atomic E-state index is 0.0661. The molecule has 2 aliphatic heterocycles. The number of nitrogens with zero attached hydrogens (tertiary/aromatic N) is 3. The van der Waals surface area contributed by atoms with Crippen LogP contribution in [0.3, 0.4) is 0 Å². The van der Waals surface area contributed by atoms with E-state index in [-0.39, 0.29) is 30.1 Å². The predicted molar refractivity (Wildman–Crippen MR) is 139 cm³/mol. The lowest BCUT2D eigenvalue weighted by Crippen LogP contribution is -2.41. The Kier molecular flexibility index (Phi) is 8.23. The lowest BCUT2D eigenvalue weighted by Gasteiger charge is -2.35. The first kappa shape index (κ1) is 25.7. The number of amides is 1.